The summed E-state index contributed by atoms with van der Waals surface area (Å²) < 4.78 is 62.3. The van der Waals surface area contributed by atoms with Gasteiger partial charge in [-0.2, -0.15) is 0 Å². The molecule has 11 heteroatoms. The highest BCUT2D eigenvalue weighted by Gasteiger charge is 2.54. The maximum atomic E-state index is 12.4. The lowest BCUT2D eigenvalue weighted by molar-refractivity contribution is -0.356. The zero-order valence-corrected chi connectivity index (χ0v) is 40.5. The van der Waals surface area contributed by atoms with Crippen LogP contribution in [0.15, 0.2) is 217 Å². The maximum absolute atomic E-state index is 12.4. The van der Waals surface area contributed by atoms with Gasteiger partial charge >= 0.3 is 0 Å². The highest BCUT2D eigenvalue weighted by Crippen LogP contribution is 2.40. The topological polar surface area (TPSA) is 103 Å². The lowest BCUT2D eigenvalue weighted by Gasteiger charge is -2.49. The monoisotopic (exact) mass is 974 g/mol. The number of thioether (sulfide) groups is 1. The van der Waals surface area contributed by atoms with Crippen LogP contribution in [0.1, 0.15) is 33.4 Å². The molecule has 0 unspecified atom stereocenters. The van der Waals surface area contributed by atoms with E-state index in [0.29, 0.717) is 19.8 Å². The van der Waals surface area contributed by atoms with Gasteiger partial charge < -0.3 is 47.7 Å². The van der Waals surface area contributed by atoms with Gasteiger partial charge in [0.1, 0.15) is 54.3 Å². The number of benzene rings is 7. The molecular weight excluding hydrogens is 913 g/mol. The first-order valence-electron chi connectivity index (χ1n) is 24.3. The molecule has 2 fully saturated rings. The molecule has 9 rings (SSSR count). The SMILES string of the molecule is O[C@H]1[C@H](OCc2ccccc2)[C@@H](OCc2ccccc2)[C@H](O[C@H]2[C@H](OCc3ccccc3)[C@@H](OCc3ccccc3)[C@H](Sc3ccccc3)O[C@@H]2COCc2ccccc2)O[C@@H]1COCc1ccccc1. The van der Waals surface area contributed by atoms with E-state index in [0.717, 1.165) is 38.3 Å². The van der Waals surface area contributed by atoms with Gasteiger partial charge in [0.15, 0.2) is 6.29 Å². The minimum Gasteiger partial charge on any atom is -0.387 e. The molecule has 71 heavy (non-hydrogen) atoms. The van der Waals surface area contributed by atoms with Crippen molar-refractivity contribution in [2.75, 3.05) is 13.2 Å². The van der Waals surface area contributed by atoms with Crippen LogP contribution in [0.2, 0.25) is 0 Å². The Labute approximate surface area is 421 Å². The molecule has 368 valence electrons. The average molecular weight is 975 g/mol. The van der Waals surface area contributed by atoms with E-state index in [1.807, 2.05) is 200 Å². The second-order valence-corrected chi connectivity index (χ2v) is 18.8. The summed E-state index contributed by atoms with van der Waals surface area (Å²) in [5, 5.41) is 12.4. The van der Waals surface area contributed by atoms with E-state index in [1.165, 1.54) is 0 Å². The summed E-state index contributed by atoms with van der Waals surface area (Å²) in [6, 6.07) is 70.1. The number of ether oxygens (including phenoxy) is 9. The molecule has 0 aliphatic carbocycles. The molecule has 0 amide bonds. The summed E-state index contributed by atoms with van der Waals surface area (Å²) in [5.41, 5.74) is 5.30. The van der Waals surface area contributed by atoms with Gasteiger partial charge in [-0.1, -0.05) is 212 Å². The highest BCUT2D eigenvalue weighted by atomic mass is 32.2. The number of aliphatic hydroxyl groups excluding tert-OH is 1. The molecular formula is C60H62O10S. The van der Waals surface area contributed by atoms with E-state index in [1.54, 1.807) is 11.8 Å². The van der Waals surface area contributed by atoms with Crippen LogP contribution < -0.4 is 0 Å². The summed E-state index contributed by atoms with van der Waals surface area (Å²) in [4.78, 5) is 1.01. The van der Waals surface area contributed by atoms with Crippen molar-refractivity contribution >= 4 is 11.8 Å². The molecule has 2 saturated heterocycles. The van der Waals surface area contributed by atoms with Gasteiger partial charge in [-0.3, -0.25) is 0 Å². The average Bonchev–Trinajstić information content (AvgIpc) is 3.42. The third-order valence-corrected chi connectivity index (χ3v) is 13.6. The van der Waals surface area contributed by atoms with Crippen LogP contribution in [0.25, 0.3) is 0 Å². The summed E-state index contributed by atoms with van der Waals surface area (Å²) in [6.07, 6.45) is -8.04. The fraction of sp³-hybridized carbons (Fsp3) is 0.300. The van der Waals surface area contributed by atoms with E-state index >= 15 is 0 Å². The molecule has 10 atom stereocenters. The van der Waals surface area contributed by atoms with Gasteiger partial charge in [0.25, 0.3) is 0 Å². The molecule has 1 N–H and O–H groups in total. The third kappa shape index (κ3) is 14.8. The molecule has 0 saturated carbocycles. The van der Waals surface area contributed by atoms with Gasteiger partial charge in [0.05, 0.1) is 52.9 Å². The lowest BCUT2D eigenvalue weighted by Crippen LogP contribution is -2.65. The molecule has 10 nitrogen and oxygen atoms in total. The van der Waals surface area contributed by atoms with E-state index in [9.17, 15) is 5.11 Å². The summed E-state index contributed by atoms with van der Waals surface area (Å²) in [7, 11) is 0. The Bertz CT molecular complexity index is 2530. The Morgan fingerprint density at radius 3 is 1.14 bits per heavy atom. The molecule has 0 aromatic heterocycles. The second-order valence-electron chi connectivity index (χ2n) is 17.7. The van der Waals surface area contributed by atoms with Crippen molar-refractivity contribution in [1.82, 2.24) is 0 Å². The van der Waals surface area contributed by atoms with Crippen molar-refractivity contribution in [2.45, 2.75) is 105 Å². The van der Waals surface area contributed by atoms with Crippen molar-refractivity contribution in [1.29, 1.82) is 0 Å². The fourth-order valence-electron chi connectivity index (χ4n) is 8.73. The summed E-state index contributed by atoms with van der Waals surface area (Å²) >= 11 is 1.57. The fourth-order valence-corrected chi connectivity index (χ4v) is 9.88. The first kappa shape index (κ1) is 50.4. The zero-order valence-electron chi connectivity index (χ0n) is 39.7. The quantitative estimate of drug-likeness (QED) is 0.0626. The molecule has 0 spiro atoms. The minimum absolute atomic E-state index is 0.0455. The second kappa shape index (κ2) is 26.8. The third-order valence-electron chi connectivity index (χ3n) is 12.4. The van der Waals surface area contributed by atoms with Gasteiger partial charge in [-0.15, -0.1) is 0 Å². The maximum Gasteiger partial charge on any atom is 0.187 e. The first-order chi connectivity index (χ1) is 35.1. The van der Waals surface area contributed by atoms with Gasteiger partial charge in [0.2, 0.25) is 0 Å². The minimum atomic E-state index is -1.17. The van der Waals surface area contributed by atoms with Crippen molar-refractivity contribution < 1.29 is 47.7 Å². The number of aliphatic hydroxyl groups is 1. The Kier molecular flexibility index (Phi) is 19.0. The first-order valence-corrected chi connectivity index (χ1v) is 25.2. The predicted octanol–water partition coefficient (Wildman–Crippen LogP) is 10.7. The molecule has 7 aromatic carbocycles. The van der Waals surface area contributed by atoms with Gasteiger partial charge in [-0.05, 0) is 45.5 Å². The van der Waals surface area contributed by atoms with Crippen LogP contribution in [-0.4, -0.2) is 78.9 Å². The molecule has 2 aliphatic rings. The van der Waals surface area contributed by atoms with Crippen LogP contribution in [-0.2, 0) is 82.3 Å². The standard InChI is InChI=1S/C60H62O10S/c61-53-51(42-62-36-44-22-8-1-9-23-44)68-59(57(66-40-48-30-16-5-17-31-48)55(53)64-38-46-26-12-3-13-27-46)70-54-52(43-63-37-45-24-10-2-11-25-45)69-60(71-50-34-20-7-21-35-50)58(67-41-49-32-18-6-19-33-49)56(54)65-39-47-28-14-4-15-29-47/h1-35,51-61H,36-43H2/t51-,52-,53-,54-,55+,56+,57-,58-,59+,60+/m1/s1. The normalized spacial score (nSPS) is 24.4. The van der Waals surface area contributed by atoms with Crippen molar-refractivity contribution in [3.63, 3.8) is 0 Å². The van der Waals surface area contributed by atoms with Crippen molar-refractivity contribution in [2.24, 2.45) is 0 Å². The molecule has 0 bridgehead atoms. The van der Waals surface area contributed by atoms with E-state index in [4.69, 9.17) is 42.6 Å². The van der Waals surface area contributed by atoms with Crippen molar-refractivity contribution in [3.05, 3.63) is 246 Å². The van der Waals surface area contributed by atoms with E-state index in [-0.39, 0.29) is 33.0 Å². The lowest BCUT2D eigenvalue weighted by atomic mass is 9.96. The van der Waals surface area contributed by atoms with E-state index in [2.05, 4.69) is 12.1 Å². The Morgan fingerprint density at radius 2 is 0.704 bits per heavy atom. The van der Waals surface area contributed by atoms with Crippen LogP contribution in [0.3, 0.4) is 0 Å². The molecule has 2 heterocycles. The van der Waals surface area contributed by atoms with Crippen molar-refractivity contribution in [3.8, 4) is 0 Å². The number of rotatable bonds is 24. The Hall–Kier alpha value is -5.51. The number of hydrogen-bond acceptors (Lipinski definition) is 11. The van der Waals surface area contributed by atoms with Gasteiger partial charge in [0, 0.05) is 4.90 Å². The Morgan fingerprint density at radius 1 is 0.352 bits per heavy atom. The predicted molar refractivity (Wildman–Crippen MR) is 273 cm³/mol. The van der Waals surface area contributed by atoms with Gasteiger partial charge in [-0.25, -0.2) is 0 Å². The highest BCUT2D eigenvalue weighted by molar-refractivity contribution is 7.99. The van der Waals surface area contributed by atoms with Crippen LogP contribution in [0.4, 0.5) is 0 Å². The Balaban J connectivity index is 1.10. The zero-order chi connectivity index (χ0) is 48.3. The van der Waals surface area contributed by atoms with E-state index < -0.39 is 60.6 Å². The molecule has 7 aromatic rings. The largest absolute Gasteiger partial charge is 0.387 e. The smallest absolute Gasteiger partial charge is 0.187 e. The molecule has 0 radical (unpaired) electrons. The molecule has 2 aliphatic heterocycles. The van der Waals surface area contributed by atoms with Crippen LogP contribution in [0, 0.1) is 0 Å². The summed E-state index contributed by atoms with van der Waals surface area (Å²) in [5.74, 6) is 0. The summed E-state index contributed by atoms with van der Waals surface area (Å²) in [6.45, 7) is 1.80. The number of hydrogen-bond donors (Lipinski definition) is 1. The van der Waals surface area contributed by atoms with Crippen LogP contribution >= 0.6 is 11.8 Å². The van der Waals surface area contributed by atoms with Crippen LogP contribution in [0.5, 0.6) is 0 Å².